The zero-order chi connectivity index (χ0) is 6.57. The minimum Gasteiger partial charge on any atom is -0.281 e. The fraction of sp³-hybridized carbons (Fsp3) is 0.500. The molecule has 0 aliphatic rings. The molecule has 0 atom stereocenters. The maximum atomic E-state index is 9.49. The second-order valence-corrected chi connectivity index (χ2v) is 1.21. The molecule has 46 valence electrons. The normalized spacial score (nSPS) is 8.12. The van der Waals surface area contributed by atoms with E-state index in [0.717, 1.165) is 0 Å². The molecule has 8 heavy (non-hydrogen) atoms. The van der Waals surface area contributed by atoms with Crippen LogP contribution in [0.2, 0.25) is 0 Å². The topological polar surface area (TPSA) is 52.4 Å². The van der Waals surface area contributed by atoms with Gasteiger partial charge in [-0.1, -0.05) is 13.5 Å². The first-order valence-corrected chi connectivity index (χ1v) is 2.17. The highest BCUT2D eigenvalue weighted by atomic mass is 17.0. The molecule has 0 aliphatic carbocycles. The molecule has 0 spiro atoms. The predicted octanol–water partition coefficient (Wildman–Crippen LogP) is 1.12. The van der Waals surface area contributed by atoms with Gasteiger partial charge in [0.1, 0.15) is 0 Å². The van der Waals surface area contributed by atoms with Gasteiger partial charge in [-0.15, -0.1) is 10.1 Å². The van der Waals surface area contributed by atoms with Crippen molar-refractivity contribution in [1.29, 1.82) is 0 Å². The van der Waals surface area contributed by atoms with E-state index >= 15 is 0 Å². The van der Waals surface area contributed by atoms with Crippen molar-refractivity contribution in [2.45, 2.75) is 13.3 Å². The van der Waals surface area contributed by atoms with Crippen LogP contribution in [-0.2, 0) is 4.84 Å². The fourth-order valence-electron chi connectivity index (χ4n) is 0.170. The van der Waals surface area contributed by atoms with Crippen LogP contribution in [0, 0.1) is 10.1 Å². The molecule has 0 amide bonds. The third kappa shape index (κ3) is 3.14. The highest BCUT2D eigenvalue weighted by Gasteiger charge is 1.94. The third-order valence-electron chi connectivity index (χ3n) is 0.598. The Bertz CT molecular complexity index is 110. The maximum Gasteiger partial charge on any atom is 0.299 e. The van der Waals surface area contributed by atoms with E-state index in [9.17, 15) is 10.1 Å². The predicted molar refractivity (Wildman–Crippen MR) is 27.5 cm³/mol. The molecule has 0 unspecified atom stereocenters. The fourth-order valence-corrected chi connectivity index (χ4v) is 0.170. The molecule has 0 aliphatic heterocycles. The summed E-state index contributed by atoms with van der Waals surface area (Å²) in [5.74, 6) is 0.176. The van der Waals surface area contributed by atoms with Crippen molar-refractivity contribution in [2.24, 2.45) is 0 Å². The molecule has 0 aromatic carbocycles. The van der Waals surface area contributed by atoms with Crippen LogP contribution in [0.25, 0.3) is 0 Å². The zero-order valence-electron chi connectivity index (χ0n) is 4.59. The van der Waals surface area contributed by atoms with Crippen molar-refractivity contribution in [2.75, 3.05) is 0 Å². The summed E-state index contributed by atoms with van der Waals surface area (Å²) >= 11 is 0. The van der Waals surface area contributed by atoms with Gasteiger partial charge in [0.05, 0.1) is 5.76 Å². The van der Waals surface area contributed by atoms with E-state index in [1.165, 1.54) is 0 Å². The Hall–Kier alpha value is -1.06. The molecule has 4 nitrogen and oxygen atoms in total. The molecule has 4 heteroatoms. The smallest absolute Gasteiger partial charge is 0.281 e. The number of allylic oxidation sites excluding steroid dienone is 1. The SMILES string of the molecule is C=C(CC)O[N+](=O)[O-]. The van der Waals surface area contributed by atoms with Crippen LogP contribution in [0.3, 0.4) is 0 Å². The summed E-state index contributed by atoms with van der Waals surface area (Å²) in [5, 5.41) is 8.62. The van der Waals surface area contributed by atoms with Crippen molar-refractivity contribution >= 4 is 0 Å². The lowest BCUT2D eigenvalue weighted by atomic mass is 10.4. The molecule has 0 rings (SSSR count). The molecule has 0 aromatic rings. The Morgan fingerprint density at radius 3 is 2.62 bits per heavy atom. The Balaban J connectivity index is 3.40. The Labute approximate surface area is 46.9 Å². The van der Waals surface area contributed by atoms with Crippen molar-refractivity contribution in [3.63, 3.8) is 0 Å². The monoisotopic (exact) mass is 117 g/mol. The first-order valence-electron chi connectivity index (χ1n) is 2.17. The lowest BCUT2D eigenvalue weighted by molar-refractivity contribution is -0.743. The minimum atomic E-state index is -0.869. The number of rotatable bonds is 3. The molecule has 0 heterocycles. The summed E-state index contributed by atoms with van der Waals surface area (Å²) in [7, 11) is 0. The quantitative estimate of drug-likeness (QED) is 0.316. The van der Waals surface area contributed by atoms with Crippen molar-refractivity contribution in [3.8, 4) is 0 Å². The second kappa shape index (κ2) is 3.01. The minimum absolute atomic E-state index is 0.176. The van der Waals surface area contributed by atoms with E-state index in [4.69, 9.17) is 0 Å². The standard InChI is InChI=1S/C4H7NO3/c1-3-4(2)8-5(6)7/h2-3H2,1H3. The summed E-state index contributed by atoms with van der Waals surface area (Å²) in [5.41, 5.74) is 0. The van der Waals surface area contributed by atoms with Crippen LogP contribution in [0.15, 0.2) is 12.3 Å². The lowest BCUT2D eigenvalue weighted by Crippen LogP contribution is -1.97. The third-order valence-corrected chi connectivity index (χ3v) is 0.598. The van der Waals surface area contributed by atoms with Crippen molar-refractivity contribution in [1.82, 2.24) is 0 Å². The number of hydrogen-bond donors (Lipinski definition) is 0. The van der Waals surface area contributed by atoms with Crippen LogP contribution in [0.1, 0.15) is 13.3 Å². The molecule has 0 saturated heterocycles. The molecule has 0 bridgehead atoms. The van der Waals surface area contributed by atoms with Gasteiger partial charge in [0.25, 0.3) is 5.09 Å². The zero-order valence-corrected chi connectivity index (χ0v) is 4.59. The first kappa shape index (κ1) is 6.94. The van der Waals surface area contributed by atoms with E-state index in [0.29, 0.717) is 6.42 Å². The molecule has 0 radical (unpaired) electrons. The molecular formula is C4H7NO3. The maximum absolute atomic E-state index is 9.49. The van der Waals surface area contributed by atoms with Gasteiger partial charge in [-0.05, 0) is 6.42 Å². The molecule has 0 saturated carbocycles. The number of hydrogen-bond acceptors (Lipinski definition) is 3. The van der Waals surface area contributed by atoms with Gasteiger partial charge in [-0.3, -0.25) is 4.84 Å². The van der Waals surface area contributed by atoms with Crippen LogP contribution < -0.4 is 0 Å². The highest BCUT2D eigenvalue weighted by molar-refractivity contribution is 4.76. The van der Waals surface area contributed by atoms with Crippen LogP contribution in [0.5, 0.6) is 0 Å². The Morgan fingerprint density at radius 1 is 2.00 bits per heavy atom. The van der Waals surface area contributed by atoms with Gasteiger partial charge in [0.2, 0.25) is 0 Å². The average Bonchev–Trinajstić information content (AvgIpc) is 1.65. The van der Waals surface area contributed by atoms with Gasteiger partial charge in [0.15, 0.2) is 0 Å². The van der Waals surface area contributed by atoms with Gasteiger partial charge in [-0.2, -0.15) is 0 Å². The summed E-state index contributed by atoms with van der Waals surface area (Å²) in [6, 6.07) is 0. The summed E-state index contributed by atoms with van der Waals surface area (Å²) in [4.78, 5) is 13.4. The first-order chi connectivity index (χ1) is 3.66. The second-order valence-electron chi connectivity index (χ2n) is 1.21. The molecule has 0 N–H and O–H groups in total. The van der Waals surface area contributed by atoms with Gasteiger partial charge >= 0.3 is 0 Å². The summed E-state index contributed by atoms with van der Waals surface area (Å²) in [6.07, 6.45) is 0.473. The highest BCUT2D eigenvalue weighted by Crippen LogP contribution is 1.96. The summed E-state index contributed by atoms with van der Waals surface area (Å²) < 4.78 is 0. The molecule has 0 aromatic heterocycles. The Morgan fingerprint density at radius 2 is 2.50 bits per heavy atom. The van der Waals surface area contributed by atoms with E-state index < -0.39 is 5.09 Å². The van der Waals surface area contributed by atoms with Crippen molar-refractivity contribution in [3.05, 3.63) is 22.5 Å². The Kier molecular flexibility index (Phi) is 2.61. The van der Waals surface area contributed by atoms with E-state index in [2.05, 4.69) is 11.4 Å². The largest absolute Gasteiger partial charge is 0.299 e. The van der Waals surface area contributed by atoms with Gasteiger partial charge < -0.3 is 0 Å². The number of nitrogens with zero attached hydrogens (tertiary/aromatic N) is 1. The summed E-state index contributed by atoms with van der Waals surface area (Å²) in [6.45, 7) is 4.98. The lowest BCUT2D eigenvalue weighted by Gasteiger charge is -1.94. The van der Waals surface area contributed by atoms with Crippen LogP contribution in [-0.4, -0.2) is 5.09 Å². The molecular weight excluding hydrogens is 110 g/mol. The van der Waals surface area contributed by atoms with E-state index in [1.807, 2.05) is 0 Å². The van der Waals surface area contributed by atoms with Crippen molar-refractivity contribution < 1.29 is 9.92 Å². The van der Waals surface area contributed by atoms with Crippen LogP contribution in [0.4, 0.5) is 0 Å². The average molecular weight is 117 g/mol. The van der Waals surface area contributed by atoms with Crippen LogP contribution >= 0.6 is 0 Å². The molecule has 0 fully saturated rings. The van der Waals surface area contributed by atoms with Gasteiger partial charge in [-0.25, -0.2) is 0 Å². The van der Waals surface area contributed by atoms with E-state index in [-0.39, 0.29) is 5.76 Å². The van der Waals surface area contributed by atoms with E-state index in [1.54, 1.807) is 6.92 Å². The van der Waals surface area contributed by atoms with Gasteiger partial charge in [0, 0.05) is 0 Å².